The van der Waals surface area contributed by atoms with E-state index in [9.17, 15) is 4.79 Å². The Morgan fingerprint density at radius 2 is 1.94 bits per heavy atom. The second kappa shape index (κ2) is 7.48. The van der Waals surface area contributed by atoms with Crippen LogP contribution in [-0.2, 0) is 10.2 Å². The minimum absolute atomic E-state index is 0.0877. The Hall–Kier alpha value is -3.12. The molecule has 6 rings (SSSR count). The molecule has 1 saturated heterocycles. The highest BCUT2D eigenvalue weighted by molar-refractivity contribution is 6.06. The van der Waals surface area contributed by atoms with Crippen molar-refractivity contribution in [2.75, 3.05) is 31.8 Å². The van der Waals surface area contributed by atoms with Gasteiger partial charge in [-0.15, -0.1) is 0 Å². The molecule has 0 unspecified atom stereocenters. The average molecular weight is 431 g/mol. The molecule has 3 aromatic rings. The molecule has 6 nitrogen and oxygen atoms in total. The predicted octanol–water partition coefficient (Wildman–Crippen LogP) is 4.94. The van der Waals surface area contributed by atoms with Gasteiger partial charge < -0.3 is 18.9 Å². The molecule has 1 spiro atoms. The van der Waals surface area contributed by atoms with Crippen LogP contribution >= 0.6 is 0 Å². The first-order valence-corrected chi connectivity index (χ1v) is 11.3. The van der Waals surface area contributed by atoms with E-state index >= 15 is 0 Å². The number of carbonyl (C=O) groups is 1. The Balaban J connectivity index is 1.41. The number of methoxy groups -OCH3 is 1. The SMILES string of the molecule is COc1ccccc1-c1ccc2c(c1)C1(CCOCC1)CN2C(=O)c1cc(C2CC2)on1. The van der Waals surface area contributed by atoms with Crippen molar-refractivity contribution < 1.29 is 18.8 Å². The van der Waals surface area contributed by atoms with Crippen molar-refractivity contribution >= 4 is 11.6 Å². The van der Waals surface area contributed by atoms with Gasteiger partial charge in [-0.1, -0.05) is 29.4 Å². The standard InChI is InChI=1S/C26H26N2O4/c1-30-23-5-3-2-4-19(23)18-8-9-22-20(14-18)26(10-12-31-13-11-26)16-28(22)25(29)21-15-24(32-27-21)17-6-7-17/h2-5,8-9,14-15,17H,6-7,10-13,16H2,1H3. The number of fused-ring (bicyclic) bond motifs is 2. The van der Waals surface area contributed by atoms with E-state index in [4.69, 9.17) is 14.0 Å². The molecule has 0 radical (unpaired) electrons. The Kier molecular flexibility index (Phi) is 4.57. The van der Waals surface area contributed by atoms with E-state index in [0.29, 0.717) is 31.4 Å². The van der Waals surface area contributed by atoms with Crippen LogP contribution in [0.1, 0.15) is 53.4 Å². The van der Waals surface area contributed by atoms with Crippen LogP contribution in [0.3, 0.4) is 0 Å². The summed E-state index contributed by atoms with van der Waals surface area (Å²) in [5.41, 5.74) is 4.62. The summed E-state index contributed by atoms with van der Waals surface area (Å²) in [4.78, 5) is 15.4. The lowest BCUT2D eigenvalue weighted by Crippen LogP contribution is -2.40. The van der Waals surface area contributed by atoms with Crippen LogP contribution in [0.25, 0.3) is 11.1 Å². The molecular weight excluding hydrogens is 404 g/mol. The summed E-state index contributed by atoms with van der Waals surface area (Å²) in [7, 11) is 1.69. The first-order valence-electron chi connectivity index (χ1n) is 11.3. The van der Waals surface area contributed by atoms with E-state index < -0.39 is 0 Å². The highest BCUT2D eigenvalue weighted by atomic mass is 16.5. The van der Waals surface area contributed by atoms with Gasteiger partial charge >= 0.3 is 0 Å². The van der Waals surface area contributed by atoms with E-state index in [1.165, 1.54) is 5.56 Å². The number of rotatable bonds is 4. The van der Waals surface area contributed by atoms with Gasteiger partial charge in [0.15, 0.2) is 5.69 Å². The monoisotopic (exact) mass is 430 g/mol. The normalized spacial score (nSPS) is 19.2. The van der Waals surface area contributed by atoms with Crippen LogP contribution in [0, 0.1) is 0 Å². The number of hydrogen-bond donors (Lipinski definition) is 0. The number of para-hydroxylation sites is 1. The molecule has 164 valence electrons. The fourth-order valence-electron chi connectivity index (χ4n) is 5.18. The fourth-order valence-corrected chi connectivity index (χ4v) is 5.18. The maximum atomic E-state index is 13.5. The van der Waals surface area contributed by atoms with E-state index in [0.717, 1.165) is 54.0 Å². The fraction of sp³-hybridized carbons (Fsp3) is 0.385. The summed E-state index contributed by atoms with van der Waals surface area (Å²) in [6.45, 7) is 2.05. The van der Waals surface area contributed by atoms with Gasteiger partial charge in [0.2, 0.25) is 0 Å². The smallest absolute Gasteiger partial charge is 0.280 e. The molecule has 6 heteroatoms. The lowest BCUT2D eigenvalue weighted by atomic mass is 9.75. The van der Waals surface area contributed by atoms with Crippen LogP contribution in [0.15, 0.2) is 53.1 Å². The summed E-state index contributed by atoms with van der Waals surface area (Å²) in [6, 6.07) is 16.3. The van der Waals surface area contributed by atoms with Crippen LogP contribution in [0.2, 0.25) is 0 Å². The number of benzene rings is 2. The molecule has 2 aliphatic heterocycles. The quantitative estimate of drug-likeness (QED) is 0.587. The van der Waals surface area contributed by atoms with E-state index in [2.05, 4.69) is 29.4 Å². The molecule has 1 aliphatic carbocycles. The molecule has 3 heterocycles. The summed E-state index contributed by atoms with van der Waals surface area (Å²) in [5, 5.41) is 4.11. The molecule has 1 amide bonds. The van der Waals surface area contributed by atoms with Crippen molar-refractivity contribution in [1.29, 1.82) is 0 Å². The molecule has 3 aliphatic rings. The van der Waals surface area contributed by atoms with Crippen molar-refractivity contribution in [3.05, 3.63) is 65.5 Å². The van der Waals surface area contributed by atoms with Crippen molar-refractivity contribution in [3.63, 3.8) is 0 Å². The van der Waals surface area contributed by atoms with E-state index in [1.54, 1.807) is 7.11 Å². The second-order valence-corrected chi connectivity index (χ2v) is 9.11. The summed E-state index contributed by atoms with van der Waals surface area (Å²) < 4.78 is 16.8. The number of aromatic nitrogens is 1. The molecule has 2 fully saturated rings. The van der Waals surface area contributed by atoms with Crippen LogP contribution in [-0.4, -0.2) is 37.9 Å². The number of amides is 1. The Morgan fingerprint density at radius 3 is 2.72 bits per heavy atom. The zero-order valence-electron chi connectivity index (χ0n) is 18.2. The summed E-state index contributed by atoms with van der Waals surface area (Å²) >= 11 is 0. The highest BCUT2D eigenvalue weighted by Gasteiger charge is 2.46. The van der Waals surface area contributed by atoms with Gasteiger partial charge in [0.05, 0.1) is 7.11 Å². The van der Waals surface area contributed by atoms with E-state index in [-0.39, 0.29) is 11.3 Å². The topological polar surface area (TPSA) is 64.8 Å². The summed E-state index contributed by atoms with van der Waals surface area (Å²) in [5.74, 6) is 2.02. The number of anilines is 1. The molecule has 0 atom stereocenters. The van der Waals surface area contributed by atoms with Crippen LogP contribution in [0.4, 0.5) is 5.69 Å². The molecule has 0 N–H and O–H groups in total. The maximum absolute atomic E-state index is 13.5. The van der Waals surface area contributed by atoms with Gasteiger partial charge in [0.25, 0.3) is 5.91 Å². The lowest BCUT2D eigenvalue weighted by Gasteiger charge is -2.34. The van der Waals surface area contributed by atoms with E-state index in [1.807, 2.05) is 29.2 Å². The largest absolute Gasteiger partial charge is 0.496 e. The van der Waals surface area contributed by atoms with Gasteiger partial charge in [0, 0.05) is 48.4 Å². The molecular formula is C26H26N2O4. The average Bonchev–Trinajstić information content (AvgIpc) is 3.50. The second-order valence-electron chi connectivity index (χ2n) is 9.11. The molecule has 0 bridgehead atoms. The van der Waals surface area contributed by atoms with Crippen molar-refractivity contribution in [2.45, 2.75) is 37.0 Å². The molecule has 1 aromatic heterocycles. The first kappa shape index (κ1) is 19.6. The number of hydrogen-bond acceptors (Lipinski definition) is 5. The van der Waals surface area contributed by atoms with Crippen molar-refractivity contribution in [2.24, 2.45) is 0 Å². The Bertz CT molecular complexity index is 1170. The molecule has 32 heavy (non-hydrogen) atoms. The van der Waals surface area contributed by atoms with Crippen molar-refractivity contribution in [1.82, 2.24) is 5.16 Å². The number of carbonyl (C=O) groups excluding carboxylic acids is 1. The van der Waals surface area contributed by atoms with Crippen LogP contribution in [0.5, 0.6) is 5.75 Å². The minimum Gasteiger partial charge on any atom is -0.496 e. The zero-order chi connectivity index (χ0) is 21.7. The lowest BCUT2D eigenvalue weighted by molar-refractivity contribution is 0.0546. The van der Waals surface area contributed by atoms with Gasteiger partial charge in [-0.3, -0.25) is 4.79 Å². The number of nitrogens with zero attached hydrogens (tertiary/aromatic N) is 2. The van der Waals surface area contributed by atoms with Gasteiger partial charge in [0.1, 0.15) is 11.5 Å². The maximum Gasteiger partial charge on any atom is 0.280 e. The van der Waals surface area contributed by atoms with Crippen LogP contribution < -0.4 is 9.64 Å². The van der Waals surface area contributed by atoms with Gasteiger partial charge in [-0.05, 0) is 55.0 Å². The van der Waals surface area contributed by atoms with Gasteiger partial charge in [-0.25, -0.2) is 0 Å². The Morgan fingerprint density at radius 1 is 1.12 bits per heavy atom. The minimum atomic E-state index is -0.107. The molecule has 1 saturated carbocycles. The highest BCUT2D eigenvalue weighted by Crippen LogP contribution is 2.49. The molecule has 2 aromatic carbocycles. The third kappa shape index (κ3) is 3.13. The third-order valence-electron chi connectivity index (χ3n) is 7.16. The Labute approximate surface area is 187 Å². The predicted molar refractivity (Wildman–Crippen MR) is 120 cm³/mol. The third-order valence-corrected chi connectivity index (χ3v) is 7.16. The van der Waals surface area contributed by atoms with Gasteiger partial charge in [-0.2, -0.15) is 0 Å². The first-order chi connectivity index (χ1) is 15.7. The zero-order valence-corrected chi connectivity index (χ0v) is 18.2. The number of ether oxygens (including phenoxy) is 2. The summed E-state index contributed by atoms with van der Waals surface area (Å²) in [6.07, 6.45) is 4.02. The van der Waals surface area contributed by atoms with Crippen molar-refractivity contribution in [3.8, 4) is 16.9 Å².